The molecule has 0 spiro atoms. The number of nitro groups is 1. The first-order valence-corrected chi connectivity index (χ1v) is 10.3. The van der Waals surface area contributed by atoms with E-state index in [2.05, 4.69) is 4.98 Å². The van der Waals surface area contributed by atoms with Crippen LogP contribution in [0.3, 0.4) is 0 Å². The van der Waals surface area contributed by atoms with Gasteiger partial charge in [-0.15, -0.1) is 0 Å². The van der Waals surface area contributed by atoms with Gasteiger partial charge in [0, 0.05) is 18.7 Å². The number of rotatable bonds is 8. The van der Waals surface area contributed by atoms with Crippen molar-refractivity contribution in [2.75, 3.05) is 39.2 Å². The minimum atomic E-state index is -0.548. The number of amides is 1. The maximum Gasteiger partial charge on any atom is 0.270 e. The third-order valence-corrected chi connectivity index (χ3v) is 5.81. The molecule has 1 heterocycles. The second-order valence-electron chi connectivity index (χ2n) is 6.86. The molecule has 10 heteroatoms. The predicted octanol–water partition coefficient (Wildman–Crippen LogP) is 4.47. The summed E-state index contributed by atoms with van der Waals surface area (Å²) in [4.78, 5) is 32.1. The van der Waals surface area contributed by atoms with Crippen molar-refractivity contribution in [3.05, 3.63) is 57.1 Å². The van der Waals surface area contributed by atoms with Crippen LogP contribution < -0.4 is 9.64 Å². The van der Waals surface area contributed by atoms with Gasteiger partial charge in [0.25, 0.3) is 11.6 Å². The Morgan fingerprint density at radius 2 is 2.00 bits per heavy atom. The van der Waals surface area contributed by atoms with Crippen LogP contribution in [0, 0.1) is 10.1 Å². The molecule has 3 aromatic rings. The molecule has 8 nitrogen and oxygen atoms in total. The van der Waals surface area contributed by atoms with E-state index in [1.165, 1.54) is 34.4 Å². The van der Waals surface area contributed by atoms with Gasteiger partial charge in [0.15, 0.2) is 5.13 Å². The number of halogens is 1. The predicted molar refractivity (Wildman–Crippen MR) is 119 cm³/mol. The summed E-state index contributed by atoms with van der Waals surface area (Å²) in [5.74, 6) is 0.276. The number of non-ortho nitro benzene ring substituents is 1. The zero-order valence-electron chi connectivity index (χ0n) is 16.8. The number of thiazole rings is 1. The Bertz CT molecular complexity index is 1090. The van der Waals surface area contributed by atoms with E-state index in [-0.39, 0.29) is 16.3 Å². The number of hydrogen-bond acceptors (Lipinski definition) is 7. The monoisotopic (exact) mass is 448 g/mol. The first-order valence-electron chi connectivity index (χ1n) is 9.15. The number of methoxy groups -OCH3 is 1. The highest BCUT2D eigenvalue weighted by molar-refractivity contribution is 7.22. The zero-order valence-corrected chi connectivity index (χ0v) is 18.4. The molecule has 0 unspecified atom stereocenters. The van der Waals surface area contributed by atoms with Crippen LogP contribution in [0.4, 0.5) is 10.8 Å². The van der Waals surface area contributed by atoms with E-state index in [1.54, 1.807) is 7.11 Å². The van der Waals surface area contributed by atoms with Crippen molar-refractivity contribution in [2.24, 2.45) is 0 Å². The standard InChI is InChI=1S/C20H21ClN4O4S/c1-23(2)9-4-10-24(19(26)15-11-13(25(27)28)5-7-16(15)21)20-22-17-8-6-14(29-3)12-18(17)30-20/h5-8,11-12H,4,9-10H2,1-3H3. The molecular formula is C20H21ClN4O4S. The van der Waals surface area contributed by atoms with Crippen LogP contribution in [0.15, 0.2) is 36.4 Å². The number of nitro benzene ring substituents is 1. The Hall–Kier alpha value is -2.75. The van der Waals surface area contributed by atoms with Crippen molar-refractivity contribution in [1.29, 1.82) is 0 Å². The number of benzene rings is 2. The first kappa shape index (κ1) is 21.9. The SMILES string of the molecule is COc1ccc2nc(N(CCCN(C)C)C(=O)c3cc([N+](=O)[O-])ccc3Cl)sc2c1. The minimum Gasteiger partial charge on any atom is -0.497 e. The molecule has 3 rings (SSSR count). The van der Waals surface area contributed by atoms with E-state index in [9.17, 15) is 14.9 Å². The van der Waals surface area contributed by atoms with E-state index < -0.39 is 10.8 Å². The van der Waals surface area contributed by atoms with Gasteiger partial charge < -0.3 is 9.64 Å². The second-order valence-corrected chi connectivity index (χ2v) is 8.28. The number of hydrogen-bond donors (Lipinski definition) is 0. The van der Waals surface area contributed by atoms with Crippen LogP contribution >= 0.6 is 22.9 Å². The Morgan fingerprint density at radius 1 is 1.23 bits per heavy atom. The van der Waals surface area contributed by atoms with Gasteiger partial charge in [-0.25, -0.2) is 4.98 Å². The lowest BCUT2D eigenvalue weighted by Gasteiger charge is -2.21. The van der Waals surface area contributed by atoms with Gasteiger partial charge in [-0.1, -0.05) is 22.9 Å². The fourth-order valence-corrected chi connectivity index (χ4v) is 4.12. The van der Waals surface area contributed by atoms with Gasteiger partial charge >= 0.3 is 0 Å². The molecule has 0 aliphatic carbocycles. The van der Waals surface area contributed by atoms with Gasteiger partial charge in [0.2, 0.25) is 0 Å². The lowest BCUT2D eigenvalue weighted by molar-refractivity contribution is -0.384. The van der Waals surface area contributed by atoms with E-state index in [0.717, 1.165) is 16.8 Å². The first-order chi connectivity index (χ1) is 14.3. The molecule has 0 N–H and O–H groups in total. The molecule has 0 radical (unpaired) electrons. The van der Waals surface area contributed by atoms with E-state index in [0.29, 0.717) is 23.8 Å². The average molecular weight is 449 g/mol. The summed E-state index contributed by atoms with van der Waals surface area (Å²) in [6, 6.07) is 9.35. The summed E-state index contributed by atoms with van der Waals surface area (Å²) >= 11 is 7.57. The molecular weight excluding hydrogens is 428 g/mol. The van der Waals surface area contributed by atoms with Crippen molar-refractivity contribution in [3.8, 4) is 5.75 Å². The maximum atomic E-state index is 13.4. The number of carbonyl (C=O) groups is 1. The topological polar surface area (TPSA) is 88.8 Å². The Morgan fingerprint density at radius 3 is 2.67 bits per heavy atom. The number of aromatic nitrogens is 1. The van der Waals surface area contributed by atoms with Crippen molar-refractivity contribution in [2.45, 2.75) is 6.42 Å². The number of carbonyl (C=O) groups excluding carboxylic acids is 1. The average Bonchev–Trinajstić information content (AvgIpc) is 3.13. The highest BCUT2D eigenvalue weighted by atomic mass is 35.5. The number of nitrogens with zero attached hydrogens (tertiary/aromatic N) is 4. The van der Waals surface area contributed by atoms with Crippen molar-refractivity contribution >= 4 is 49.9 Å². The Kier molecular flexibility index (Phi) is 6.86. The van der Waals surface area contributed by atoms with Crippen LogP contribution in [0.25, 0.3) is 10.2 Å². The van der Waals surface area contributed by atoms with E-state index in [4.69, 9.17) is 16.3 Å². The minimum absolute atomic E-state index is 0.0764. The molecule has 0 bridgehead atoms. The van der Waals surface area contributed by atoms with Gasteiger partial charge in [0.05, 0.1) is 32.8 Å². The largest absolute Gasteiger partial charge is 0.497 e. The molecule has 1 amide bonds. The lowest BCUT2D eigenvalue weighted by Crippen LogP contribution is -2.33. The van der Waals surface area contributed by atoms with Crippen LogP contribution in [-0.2, 0) is 0 Å². The van der Waals surface area contributed by atoms with E-state index in [1.807, 2.05) is 37.2 Å². The molecule has 1 aromatic heterocycles. The molecule has 0 aliphatic rings. The molecule has 30 heavy (non-hydrogen) atoms. The van der Waals surface area contributed by atoms with Crippen LogP contribution in [0.1, 0.15) is 16.8 Å². The lowest BCUT2D eigenvalue weighted by atomic mass is 10.1. The highest BCUT2D eigenvalue weighted by Gasteiger charge is 2.25. The molecule has 0 saturated carbocycles. The van der Waals surface area contributed by atoms with Gasteiger partial charge in [-0.05, 0) is 51.3 Å². The normalized spacial score (nSPS) is 11.1. The maximum absolute atomic E-state index is 13.4. The fourth-order valence-electron chi connectivity index (χ4n) is 2.90. The number of fused-ring (bicyclic) bond motifs is 1. The molecule has 0 fully saturated rings. The smallest absolute Gasteiger partial charge is 0.270 e. The number of anilines is 1. The van der Waals surface area contributed by atoms with Crippen LogP contribution in [0.2, 0.25) is 5.02 Å². The quantitative estimate of drug-likeness (QED) is 0.373. The molecule has 0 atom stereocenters. The summed E-state index contributed by atoms with van der Waals surface area (Å²) in [6.45, 7) is 1.16. The molecule has 0 aliphatic heterocycles. The van der Waals surface area contributed by atoms with Crippen molar-refractivity contribution in [1.82, 2.24) is 9.88 Å². The summed E-state index contributed by atoms with van der Waals surface area (Å²) in [7, 11) is 5.49. The van der Waals surface area contributed by atoms with E-state index >= 15 is 0 Å². The second kappa shape index (κ2) is 9.38. The summed E-state index contributed by atoms with van der Waals surface area (Å²) in [5, 5.41) is 11.8. The molecule has 0 saturated heterocycles. The third-order valence-electron chi connectivity index (χ3n) is 4.44. The number of ether oxygens (including phenoxy) is 1. The highest BCUT2D eigenvalue weighted by Crippen LogP contribution is 2.33. The van der Waals surface area contributed by atoms with Crippen LogP contribution in [-0.4, -0.2) is 55.0 Å². The summed E-state index contributed by atoms with van der Waals surface area (Å²) in [5.41, 5.74) is 0.629. The Balaban J connectivity index is 2.01. The van der Waals surface area contributed by atoms with Crippen LogP contribution in [0.5, 0.6) is 5.75 Å². The van der Waals surface area contributed by atoms with Gasteiger partial charge in [-0.2, -0.15) is 0 Å². The van der Waals surface area contributed by atoms with Crippen molar-refractivity contribution in [3.63, 3.8) is 0 Å². The zero-order chi connectivity index (χ0) is 21.8. The summed E-state index contributed by atoms with van der Waals surface area (Å²) < 4.78 is 6.14. The molecule has 158 valence electrons. The fraction of sp³-hybridized carbons (Fsp3) is 0.300. The summed E-state index contributed by atoms with van der Waals surface area (Å²) in [6.07, 6.45) is 0.699. The van der Waals surface area contributed by atoms with Gasteiger partial charge in [-0.3, -0.25) is 19.8 Å². The van der Waals surface area contributed by atoms with Crippen molar-refractivity contribution < 1.29 is 14.5 Å². The third kappa shape index (κ3) is 4.86. The van der Waals surface area contributed by atoms with Gasteiger partial charge in [0.1, 0.15) is 5.75 Å². The Labute approximate surface area is 182 Å². The molecule has 2 aromatic carbocycles.